The molecule has 0 fully saturated rings. The monoisotopic (exact) mass is 275 g/mol. The average Bonchev–Trinajstić information content (AvgIpc) is 2.46. The van der Waals surface area contributed by atoms with Crippen LogP contribution >= 0.6 is 0 Å². The molecule has 4 heteroatoms. The van der Waals surface area contributed by atoms with Crippen molar-refractivity contribution in [3.8, 4) is 5.75 Å². The minimum Gasteiger partial charge on any atom is -0.496 e. The molecule has 3 nitrogen and oxygen atoms in total. The topological polar surface area (TPSA) is 32.7 Å². The molecule has 0 amide bonds. The Bertz CT molecular complexity index is 599. The van der Waals surface area contributed by atoms with E-state index in [4.69, 9.17) is 4.74 Å². The fourth-order valence-electron chi connectivity index (χ4n) is 2.28. The molecule has 0 unspecified atom stereocenters. The number of aliphatic hydroxyl groups excluding tert-OH is 1. The van der Waals surface area contributed by atoms with Gasteiger partial charge in [0.05, 0.1) is 24.6 Å². The minimum absolute atomic E-state index is 0.311. The van der Waals surface area contributed by atoms with Crippen molar-refractivity contribution < 1.29 is 14.2 Å². The highest BCUT2D eigenvalue weighted by Crippen LogP contribution is 2.37. The Labute approximate surface area is 118 Å². The Kier molecular flexibility index (Phi) is 4.25. The third kappa shape index (κ3) is 2.60. The fourth-order valence-corrected chi connectivity index (χ4v) is 2.28. The van der Waals surface area contributed by atoms with Crippen molar-refractivity contribution >= 4 is 11.4 Å². The zero-order chi connectivity index (χ0) is 14.7. The van der Waals surface area contributed by atoms with Crippen LogP contribution in [0.15, 0.2) is 42.5 Å². The Morgan fingerprint density at radius 1 is 1.10 bits per heavy atom. The van der Waals surface area contributed by atoms with Crippen LogP contribution in [0.1, 0.15) is 18.6 Å². The van der Waals surface area contributed by atoms with Gasteiger partial charge >= 0.3 is 0 Å². The zero-order valence-electron chi connectivity index (χ0n) is 11.8. The SMILES string of the molecule is COc1cccc(N(C)c2ccccc2F)c1[C@H](C)O. The van der Waals surface area contributed by atoms with Crippen molar-refractivity contribution in [2.75, 3.05) is 19.1 Å². The highest BCUT2D eigenvalue weighted by atomic mass is 19.1. The number of anilines is 2. The van der Waals surface area contributed by atoms with E-state index in [0.717, 1.165) is 0 Å². The van der Waals surface area contributed by atoms with Gasteiger partial charge < -0.3 is 14.7 Å². The number of halogens is 1. The largest absolute Gasteiger partial charge is 0.496 e. The maximum atomic E-state index is 13.9. The Hall–Kier alpha value is -2.07. The molecule has 2 aromatic rings. The zero-order valence-corrected chi connectivity index (χ0v) is 11.8. The maximum Gasteiger partial charge on any atom is 0.146 e. The van der Waals surface area contributed by atoms with E-state index >= 15 is 0 Å². The van der Waals surface area contributed by atoms with Crippen LogP contribution in [0.2, 0.25) is 0 Å². The number of hydrogen-bond donors (Lipinski definition) is 1. The summed E-state index contributed by atoms with van der Waals surface area (Å²) in [6.07, 6.45) is -0.713. The molecule has 0 aromatic heterocycles. The van der Waals surface area contributed by atoms with Crippen LogP contribution < -0.4 is 9.64 Å². The van der Waals surface area contributed by atoms with E-state index in [1.807, 2.05) is 12.1 Å². The molecule has 0 saturated heterocycles. The lowest BCUT2D eigenvalue weighted by Crippen LogP contribution is -2.15. The van der Waals surface area contributed by atoms with Crippen LogP contribution in [0.3, 0.4) is 0 Å². The third-order valence-corrected chi connectivity index (χ3v) is 3.26. The number of nitrogens with zero attached hydrogens (tertiary/aromatic N) is 1. The van der Waals surface area contributed by atoms with Crippen LogP contribution in [0, 0.1) is 5.82 Å². The second-order valence-corrected chi connectivity index (χ2v) is 4.58. The molecule has 0 aliphatic rings. The predicted octanol–water partition coefficient (Wildman–Crippen LogP) is 3.66. The molecule has 20 heavy (non-hydrogen) atoms. The Morgan fingerprint density at radius 3 is 2.35 bits per heavy atom. The second kappa shape index (κ2) is 5.92. The van der Waals surface area contributed by atoms with E-state index in [-0.39, 0.29) is 5.82 Å². The summed E-state index contributed by atoms with van der Waals surface area (Å²) in [4.78, 5) is 1.71. The molecular formula is C16H18FNO2. The lowest BCUT2D eigenvalue weighted by atomic mass is 10.1. The van der Waals surface area contributed by atoms with Crippen molar-refractivity contribution in [2.45, 2.75) is 13.0 Å². The van der Waals surface area contributed by atoms with Gasteiger partial charge in [0.25, 0.3) is 0 Å². The van der Waals surface area contributed by atoms with Crippen molar-refractivity contribution in [1.29, 1.82) is 0 Å². The summed E-state index contributed by atoms with van der Waals surface area (Å²) in [7, 11) is 3.31. The molecule has 2 aromatic carbocycles. The minimum atomic E-state index is -0.713. The van der Waals surface area contributed by atoms with Gasteiger partial charge in [-0.3, -0.25) is 0 Å². The van der Waals surface area contributed by atoms with Crippen molar-refractivity contribution in [3.63, 3.8) is 0 Å². The summed E-state index contributed by atoms with van der Waals surface area (Å²) in [5.74, 6) is 0.273. The van der Waals surface area contributed by atoms with Crippen LogP contribution in [0.25, 0.3) is 0 Å². The first-order valence-corrected chi connectivity index (χ1v) is 6.39. The number of ether oxygens (including phenoxy) is 1. The standard InChI is InChI=1S/C16H18FNO2/c1-11(19)16-14(9-6-10-15(16)20-3)18(2)13-8-5-4-7-12(13)17/h4-11,19H,1-3H3/t11-/m0/s1. The number of aliphatic hydroxyl groups is 1. The predicted molar refractivity (Wildman–Crippen MR) is 78.1 cm³/mol. The summed E-state index contributed by atoms with van der Waals surface area (Å²) in [5.41, 5.74) is 1.80. The summed E-state index contributed by atoms with van der Waals surface area (Å²) in [6.45, 7) is 1.66. The first-order chi connectivity index (χ1) is 9.56. The number of hydrogen-bond acceptors (Lipinski definition) is 3. The van der Waals surface area contributed by atoms with E-state index < -0.39 is 6.10 Å². The van der Waals surface area contributed by atoms with Gasteiger partial charge in [0.1, 0.15) is 11.6 Å². The summed E-state index contributed by atoms with van der Waals surface area (Å²) < 4.78 is 19.2. The van der Waals surface area contributed by atoms with Gasteiger partial charge in [-0.25, -0.2) is 4.39 Å². The second-order valence-electron chi connectivity index (χ2n) is 4.58. The van der Waals surface area contributed by atoms with Crippen LogP contribution in [-0.4, -0.2) is 19.3 Å². The summed E-state index contributed by atoms with van der Waals surface area (Å²) in [5, 5.41) is 9.98. The molecule has 0 radical (unpaired) electrons. The summed E-state index contributed by atoms with van der Waals surface area (Å²) >= 11 is 0. The molecule has 0 aliphatic carbocycles. The Balaban J connectivity index is 2.55. The molecule has 2 rings (SSSR count). The quantitative estimate of drug-likeness (QED) is 0.924. The molecule has 0 bridgehead atoms. The van der Waals surface area contributed by atoms with Crippen LogP contribution in [-0.2, 0) is 0 Å². The number of rotatable bonds is 4. The van der Waals surface area contributed by atoms with Gasteiger partial charge in [0.15, 0.2) is 0 Å². The van der Waals surface area contributed by atoms with E-state index in [9.17, 15) is 9.50 Å². The molecule has 106 valence electrons. The molecule has 0 heterocycles. The smallest absolute Gasteiger partial charge is 0.146 e. The Morgan fingerprint density at radius 2 is 1.75 bits per heavy atom. The van der Waals surface area contributed by atoms with E-state index in [1.54, 1.807) is 50.2 Å². The molecule has 1 N–H and O–H groups in total. The van der Waals surface area contributed by atoms with Crippen molar-refractivity contribution in [2.24, 2.45) is 0 Å². The molecule has 0 aliphatic heterocycles. The first kappa shape index (κ1) is 14.3. The van der Waals surface area contributed by atoms with Gasteiger partial charge in [-0.05, 0) is 31.2 Å². The van der Waals surface area contributed by atoms with Gasteiger partial charge in [-0.2, -0.15) is 0 Å². The van der Waals surface area contributed by atoms with Gasteiger partial charge in [0, 0.05) is 12.6 Å². The third-order valence-electron chi connectivity index (χ3n) is 3.26. The maximum absolute atomic E-state index is 13.9. The highest BCUT2D eigenvalue weighted by Gasteiger charge is 2.19. The first-order valence-electron chi connectivity index (χ1n) is 6.39. The van der Waals surface area contributed by atoms with E-state index in [2.05, 4.69) is 0 Å². The lowest BCUT2D eigenvalue weighted by Gasteiger charge is -2.25. The average molecular weight is 275 g/mol. The molecular weight excluding hydrogens is 257 g/mol. The van der Waals surface area contributed by atoms with Gasteiger partial charge in [0.2, 0.25) is 0 Å². The normalized spacial score (nSPS) is 12.1. The van der Waals surface area contributed by atoms with Crippen LogP contribution in [0.4, 0.5) is 15.8 Å². The summed E-state index contributed by atoms with van der Waals surface area (Å²) in [6, 6.07) is 12.0. The highest BCUT2D eigenvalue weighted by molar-refractivity contribution is 5.69. The van der Waals surface area contributed by atoms with Crippen molar-refractivity contribution in [1.82, 2.24) is 0 Å². The number of methoxy groups -OCH3 is 1. The molecule has 0 saturated carbocycles. The van der Waals surface area contributed by atoms with Gasteiger partial charge in [-0.15, -0.1) is 0 Å². The number of para-hydroxylation sites is 1. The van der Waals surface area contributed by atoms with Crippen molar-refractivity contribution in [3.05, 3.63) is 53.8 Å². The van der Waals surface area contributed by atoms with Gasteiger partial charge in [-0.1, -0.05) is 18.2 Å². The van der Waals surface area contributed by atoms with Crippen LogP contribution in [0.5, 0.6) is 5.75 Å². The van der Waals surface area contributed by atoms with E-state index in [0.29, 0.717) is 22.7 Å². The number of benzene rings is 2. The fraction of sp³-hybridized carbons (Fsp3) is 0.250. The van der Waals surface area contributed by atoms with E-state index in [1.165, 1.54) is 6.07 Å². The molecule has 1 atom stereocenters. The lowest BCUT2D eigenvalue weighted by molar-refractivity contribution is 0.195. The molecule has 0 spiro atoms.